The molecule has 16 heavy (non-hydrogen) atoms. The van der Waals surface area contributed by atoms with Crippen molar-refractivity contribution < 1.29 is 13.9 Å². The summed E-state index contributed by atoms with van der Waals surface area (Å²) in [6.45, 7) is 0. The fraction of sp³-hybridized carbons (Fsp3) is 0.182. The zero-order valence-corrected chi connectivity index (χ0v) is 9.32. The minimum atomic E-state index is -0.923. The monoisotopic (exact) mass is 239 g/mol. The highest BCUT2D eigenvalue weighted by Crippen LogP contribution is 2.28. The Morgan fingerprint density at radius 1 is 1.56 bits per heavy atom. The van der Waals surface area contributed by atoms with Gasteiger partial charge in [-0.05, 0) is 18.2 Å². The number of nitrogens with two attached hydrogens (primary N) is 1. The van der Waals surface area contributed by atoms with Crippen molar-refractivity contribution in [3.05, 3.63) is 35.0 Å². The van der Waals surface area contributed by atoms with Gasteiger partial charge in [0.1, 0.15) is 11.3 Å². The molecule has 1 aromatic heterocycles. The van der Waals surface area contributed by atoms with Gasteiger partial charge >= 0.3 is 5.97 Å². The number of carbonyl (C=O) groups is 1. The van der Waals surface area contributed by atoms with Gasteiger partial charge in [0.2, 0.25) is 0 Å². The van der Waals surface area contributed by atoms with Crippen molar-refractivity contribution in [1.29, 1.82) is 0 Å². The number of hydrogen-bond acceptors (Lipinski definition) is 4. The second kappa shape index (κ2) is 4.15. The lowest BCUT2D eigenvalue weighted by Crippen LogP contribution is -2.21. The number of methoxy groups -OCH3 is 1. The summed E-state index contributed by atoms with van der Waals surface area (Å²) in [6.07, 6.45) is 0. The third kappa shape index (κ3) is 1.77. The Morgan fingerprint density at radius 3 is 2.94 bits per heavy atom. The molecular formula is C11H10ClNO3. The molecular weight excluding hydrogens is 230 g/mol. The van der Waals surface area contributed by atoms with Crippen molar-refractivity contribution in [2.45, 2.75) is 6.04 Å². The Morgan fingerprint density at radius 2 is 2.31 bits per heavy atom. The van der Waals surface area contributed by atoms with E-state index in [1.165, 1.54) is 7.11 Å². The Bertz CT molecular complexity index is 535. The third-order valence-corrected chi connectivity index (χ3v) is 2.62. The molecule has 5 heteroatoms. The summed E-state index contributed by atoms with van der Waals surface area (Å²) in [5.41, 5.74) is 6.25. The first-order valence-electron chi connectivity index (χ1n) is 4.65. The van der Waals surface area contributed by atoms with E-state index < -0.39 is 12.0 Å². The van der Waals surface area contributed by atoms with E-state index in [9.17, 15) is 4.79 Å². The van der Waals surface area contributed by atoms with Gasteiger partial charge in [-0.1, -0.05) is 17.7 Å². The molecule has 0 fully saturated rings. The second-order valence-electron chi connectivity index (χ2n) is 3.30. The van der Waals surface area contributed by atoms with E-state index in [1.807, 2.05) is 0 Å². The summed E-state index contributed by atoms with van der Waals surface area (Å²) in [6, 6.07) is 6.00. The van der Waals surface area contributed by atoms with Crippen LogP contribution in [0.5, 0.6) is 0 Å². The number of benzene rings is 1. The van der Waals surface area contributed by atoms with E-state index in [0.717, 1.165) is 5.39 Å². The average molecular weight is 240 g/mol. The summed E-state index contributed by atoms with van der Waals surface area (Å²) in [4.78, 5) is 11.2. The molecule has 0 saturated heterocycles. The largest absolute Gasteiger partial charge is 0.468 e. The van der Waals surface area contributed by atoms with E-state index in [1.54, 1.807) is 24.3 Å². The lowest BCUT2D eigenvalue weighted by molar-refractivity contribution is -0.142. The normalized spacial score (nSPS) is 12.7. The Labute approximate surface area is 96.9 Å². The van der Waals surface area contributed by atoms with Crippen LogP contribution in [0.15, 0.2) is 28.7 Å². The number of halogens is 1. The number of rotatable bonds is 2. The predicted octanol–water partition coefficient (Wildman–Crippen LogP) is 2.26. The van der Waals surface area contributed by atoms with E-state index in [-0.39, 0.29) is 0 Å². The Balaban J connectivity index is 2.47. The molecule has 0 aliphatic heterocycles. The van der Waals surface area contributed by atoms with Gasteiger partial charge in [-0.3, -0.25) is 0 Å². The van der Waals surface area contributed by atoms with E-state index in [4.69, 9.17) is 21.8 Å². The van der Waals surface area contributed by atoms with Gasteiger partial charge in [-0.2, -0.15) is 0 Å². The van der Waals surface area contributed by atoms with Gasteiger partial charge in [0.25, 0.3) is 0 Å². The quantitative estimate of drug-likeness (QED) is 0.817. The number of fused-ring (bicyclic) bond motifs is 1. The summed E-state index contributed by atoms with van der Waals surface area (Å²) in [5, 5.41) is 1.29. The molecule has 0 spiro atoms. The van der Waals surface area contributed by atoms with Gasteiger partial charge in [0.05, 0.1) is 12.1 Å². The minimum Gasteiger partial charge on any atom is -0.468 e. The zero-order chi connectivity index (χ0) is 11.7. The molecule has 1 atom stereocenters. The smallest absolute Gasteiger partial charge is 0.330 e. The molecule has 1 heterocycles. The summed E-state index contributed by atoms with van der Waals surface area (Å²) < 4.78 is 9.96. The highest BCUT2D eigenvalue weighted by molar-refractivity contribution is 6.35. The third-order valence-electron chi connectivity index (χ3n) is 2.29. The molecule has 1 aromatic carbocycles. The first-order valence-corrected chi connectivity index (χ1v) is 5.02. The van der Waals surface area contributed by atoms with Crippen LogP contribution < -0.4 is 5.73 Å². The van der Waals surface area contributed by atoms with Crippen molar-refractivity contribution in [3.63, 3.8) is 0 Å². The van der Waals surface area contributed by atoms with Crippen LogP contribution in [0.1, 0.15) is 11.8 Å². The van der Waals surface area contributed by atoms with E-state index in [2.05, 4.69) is 4.74 Å². The Hall–Kier alpha value is -1.52. The predicted molar refractivity (Wildman–Crippen MR) is 60.2 cm³/mol. The van der Waals surface area contributed by atoms with Crippen molar-refractivity contribution in [2.24, 2.45) is 5.73 Å². The standard InChI is InChI=1S/C11H10ClNO3/c1-15-11(14)10(13)9-5-6-7(12)3-2-4-8(6)16-9/h2-5,10H,13H2,1H3. The van der Waals surface area contributed by atoms with Crippen molar-refractivity contribution in [1.82, 2.24) is 0 Å². The topological polar surface area (TPSA) is 65.5 Å². The lowest BCUT2D eigenvalue weighted by Gasteiger charge is -2.04. The molecule has 1 unspecified atom stereocenters. The van der Waals surface area contributed by atoms with Crippen molar-refractivity contribution in [2.75, 3.05) is 7.11 Å². The lowest BCUT2D eigenvalue weighted by atomic mass is 10.2. The number of esters is 1. The van der Waals surface area contributed by atoms with Crippen LogP contribution in [0.4, 0.5) is 0 Å². The minimum absolute atomic E-state index is 0.343. The highest BCUT2D eigenvalue weighted by atomic mass is 35.5. The summed E-state index contributed by atoms with van der Waals surface area (Å²) in [5.74, 6) is -0.204. The van der Waals surface area contributed by atoms with Crippen LogP contribution in [-0.4, -0.2) is 13.1 Å². The van der Waals surface area contributed by atoms with Crippen LogP contribution in [-0.2, 0) is 9.53 Å². The number of carbonyl (C=O) groups excluding carboxylic acids is 1. The van der Waals surface area contributed by atoms with Gasteiger partial charge in [-0.15, -0.1) is 0 Å². The summed E-state index contributed by atoms with van der Waals surface area (Å²) in [7, 11) is 1.28. The molecule has 0 bridgehead atoms. The van der Waals surface area contributed by atoms with Crippen LogP contribution in [0.25, 0.3) is 11.0 Å². The first-order chi connectivity index (χ1) is 7.63. The van der Waals surface area contributed by atoms with Crippen LogP contribution in [0.3, 0.4) is 0 Å². The Kier molecular flexibility index (Phi) is 2.85. The number of furan rings is 1. The van der Waals surface area contributed by atoms with Crippen LogP contribution in [0.2, 0.25) is 5.02 Å². The van der Waals surface area contributed by atoms with E-state index in [0.29, 0.717) is 16.4 Å². The van der Waals surface area contributed by atoms with Crippen LogP contribution in [0, 0.1) is 0 Å². The van der Waals surface area contributed by atoms with Gasteiger partial charge in [0, 0.05) is 5.39 Å². The first kappa shape index (κ1) is 11.0. The molecule has 0 amide bonds. The summed E-state index contributed by atoms with van der Waals surface area (Å²) >= 11 is 5.97. The molecule has 2 N–H and O–H groups in total. The zero-order valence-electron chi connectivity index (χ0n) is 8.57. The molecule has 4 nitrogen and oxygen atoms in total. The maximum absolute atomic E-state index is 11.2. The molecule has 2 aromatic rings. The maximum atomic E-state index is 11.2. The molecule has 0 saturated carbocycles. The van der Waals surface area contributed by atoms with Crippen LogP contribution >= 0.6 is 11.6 Å². The number of ether oxygens (including phenoxy) is 1. The van der Waals surface area contributed by atoms with Crippen molar-refractivity contribution in [3.8, 4) is 0 Å². The second-order valence-corrected chi connectivity index (χ2v) is 3.71. The fourth-order valence-electron chi connectivity index (χ4n) is 1.44. The molecule has 0 aliphatic rings. The van der Waals surface area contributed by atoms with E-state index >= 15 is 0 Å². The highest BCUT2D eigenvalue weighted by Gasteiger charge is 2.21. The van der Waals surface area contributed by atoms with Gasteiger partial charge in [0.15, 0.2) is 6.04 Å². The van der Waals surface area contributed by atoms with Gasteiger partial charge < -0.3 is 14.9 Å². The molecule has 84 valence electrons. The molecule has 0 aliphatic carbocycles. The maximum Gasteiger partial charge on any atom is 0.330 e. The van der Waals surface area contributed by atoms with Crippen molar-refractivity contribution >= 4 is 28.5 Å². The molecule has 2 rings (SSSR count). The number of hydrogen-bond donors (Lipinski definition) is 1. The fourth-order valence-corrected chi connectivity index (χ4v) is 1.66. The SMILES string of the molecule is COC(=O)C(N)c1cc2c(Cl)cccc2o1. The average Bonchev–Trinajstić information content (AvgIpc) is 2.72. The van der Waals surface area contributed by atoms with Gasteiger partial charge in [-0.25, -0.2) is 4.79 Å². The molecule has 0 radical (unpaired) electrons.